The molecule has 1 atom stereocenters. The first kappa shape index (κ1) is 16.8. The van der Waals surface area contributed by atoms with E-state index < -0.39 is 11.5 Å². The van der Waals surface area contributed by atoms with E-state index in [9.17, 15) is 9.90 Å². The van der Waals surface area contributed by atoms with Crippen molar-refractivity contribution in [1.82, 2.24) is 5.32 Å². The lowest BCUT2D eigenvalue weighted by Crippen LogP contribution is -2.52. The maximum Gasteiger partial charge on any atom is 0.323 e. The van der Waals surface area contributed by atoms with Crippen LogP contribution in [0.1, 0.15) is 65.7 Å². The Morgan fingerprint density at radius 1 is 1.37 bits per heavy atom. The van der Waals surface area contributed by atoms with Crippen LogP contribution in [0.4, 0.5) is 0 Å². The number of hydrogen-bond donors (Lipinski definition) is 2. The molecule has 1 fully saturated rings. The van der Waals surface area contributed by atoms with Crippen LogP contribution < -0.4 is 5.32 Å². The third-order valence-corrected chi connectivity index (χ3v) is 5.27. The molecule has 0 amide bonds. The second-order valence-electron chi connectivity index (χ2n) is 6.17. The van der Waals surface area contributed by atoms with Crippen LogP contribution in [0, 0.1) is 0 Å². The highest BCUT2D eigenvalue weighted by Gasteiger charge is 2.32. The lowest BCUT2D eigenvalue weighted by atomic mass is 9.95. The Hall–Kier alpha value is -0.220. The minimum Gasteiger partial charge on any atom is -0.480 e. The van der Waals surface area contributed by atoms with E-state index in [1.165, 1.54) is 32.1 Å². The third-order valence-electron chi connectivity index (χ3n) is 3.81. The molecule has 19 heavy (non-hydrogen) atoms. The second kappa shape index (κ2) is 8.15. The number of carboxylic acids is 1. The fourth-order valence-electron chi connectivity index (χ4n) is 2.79. The summed E-state index contributed by atoms with van der Waals surface area (Å²) in [5.41, 5.74) is -0.776. The van der Waals surface area contributed by atoms with Crippen LogP contribution in [0.15, 0.2) is 0 Å². The quantitative estimate of drug-likeness (QED) is 0.669. The number of aliphatic carboxylic acids is 1. The minimum absolute atomic E-state index is 0.201. The molecule has 0 saturated heterocycles. The zero-order valence-corrected chi connectivity index (χ0v) is 13.4. The summed E-state index contributed by atoms with van der Waals surface area (Å²) in [4.78, 5) is 11.4. The maximum atomic E-state index is 11.4. The summed E-state index contributed by atoms with van der Waals surface area (Å²) >= 11 is 2.05. The monoisotopic (exact) mass is 287 g/mol. The molecular weight excluding hydrogens is 258 g/mol. The summed E-state index contributed by atoms with van der Waals surface area (Å²) in [7, 11) is 0. The molecule has 0 spiro atoms. The van der Waals surface area contributed by atoms with Gasteiger partial charge in [0.25, 0.3) is 0 Å². The van der Waals surface area contributed by atoms with Gasteiger partial charge < -0.3 is 5.11 Å². The lowest BCUT2D eigenvalue weighted by Gasteiger charge is -2.29. The molecule has 0 aromatic rings. The predicted molar refractivity (Wildman–Crippen MR) is 82.9 cm³/mol. The van der Waals surface area contributed by atoms with Crippen LogP contribution in [-0.4, -0.2) is 33.7 Å². The van der Waals surface area contributed by atoms with Gasteiger partial charge in [-0.15, -0.1) is 0 Å². The molecule has 1 aliphatic carbocycles. The van der Waals surface area contributed by atoms with E-state index in [2.05, 4.69) is 5.32 Å². The van der Waals surface area contributed by atoms with Crippen LogP contribution >= 0.6 is 11.8 Å². The molecule has 0 aliphatic heterocycles. The fourth-order valence-corrected chi connectivity index (χ4v) is 4.10. The Bertz CT molecular complexity index is 277. The van der Waals surface area contributed by atoms with Crippen molar-refractivity contribution < 1.29 is 9.90 Å². The molecule has 4 heteroatoms. The number of nitrogens with one attached hydrogen (secondary N) is 1. The molecule has 1 aliphatic rings. The van der Waals surface area contributed by atoms with Crippen molar-refractivity contribution in [1.29, 1.82) is 0 Å². The molecule has 3 nitrogen and oxygen atoms in total. The first-order valence-corrected chi connectivity index (χ1v) is 8.61. The van der Waals surface area contributed by atoms with Crippen LogP contribution in [-0.2, 0) is 4.79 Å². The summed E-state index contributed by atoms with van der Waals surface area (Å²) < 4.78 is 0. The highest BCUT2D eigenvalue weighted by Crippen LogP contribution is 2.29. The Kier molecular flexibility index (Phi) is 7.22. The average molecular weight is 287 g/mol. The first-order valence-electron chi connectivity index (χ1n) is 7.57. The van der Waals surface area contributed by atoms with Gasteiger partial charge in [-0.2, -0.15) is 11.8 Å². The highest BCUT2D eigenvalue weighted by atomic mass is 32.2. The van der Waals surface area contributed by atoms with Gasteiger partial charge in [-0.3, -0.25) is 10.1 Å². The van der Waals surface area contributed by atoms with Gasteiger partial charge in [0.2, 0.25) is 0 Å². The van der Waals surface area contributed by atoms with E-state index in [0.29, 0.717) is 6.42 Å². The van der Waals surface area contributed by atoms with Gasteiger partial charge >= 0.3 is 5.97 Å². The molecule has 0 bridgehead atoms. The van der Waals surface area contributed by atoms with Crippen molar-refractivity contribution in [2.45, 2.75) is 82.5 Å². The largest absolute Gasteiger partial charge is 0.480 e. The van der Waals surface area contributed by atoms with Gasteiger partial charge in [-0.05, 0) is 52.2 Å². The topological polar surface area (TPSA) is 49.3 Å². The summed E-state index contributed by atoms with van der Waals surface area (Å²) in [6.07, 6.45) is 8.53. The van der Waals surface area contributed by atoms with E-state index in [1.807, 2.05) is 25.6 Å². The van der Waals surface area contributed by atoms with Gasteiger partial charge in [-0.25, -0.2) is 0 Å². The van der Waals surface area contributed by atoms with Crippen LogP contribution in [0.3, 0.4) is 0 Å². The van der Waals surface area contributed by atoms with Crippen molar-refractivity contribution >= 4 is 17.7 Å². The summed E-state index contributed by atoms with van der Waals surface area (Å²) in [5.74, 6) is 0.358. The molecule has 112 valence electrons. The summed E-state index contributed by atoms with van der Waals surface area (Å²) in [6, 6.07) is 0.201. The number of carbonyl (C=O) groups is 1. The van der Waals surface area contributed by atoms with E-state index in [-0.39, 0.29) is 6.04 Å². The molecule has 1 rings (SSSR count). The molecule has 0 heterocycles. The number of thioether (sulfide) groups is 1. The molecule has 0 aromatic carbocycles. The minimum atomic E-state index is -0.776. The molecule has 0 radical (unpaired) electrons. The Morgan fingerprint density at radius 3 is 2.53 bits per heavy atom. The molecular formula is C15H29NO2S. The molecule has 1 saturated carbocycles. The lowest BCUT2D eigenvalue weighted by molar-refractivity contribution is -0.144. The van der Waals surface area contributed by atoms with E-state index in [1.54, 1.807) is 6.92 Å². The fraction of sp³-hybridized carbons (Fsp3) is 0.933. The van der Waals surface area contributed by atoms with Crippen LogP contribution in [0.25, 0.3) is 0 Å². The first-order chi connectivity index (χ1) is 8.94. The van der Waals surface area contributed by atoms with Crippen LogP contribution in [0.2, 0.25) is 0 Å². The molecule has 2 N–H and O–H groups in total. The summed E-state index contributed by atoms with van der Waals surface area (Å²) in [6.45, 7) is 5.80. The number of carboxylic acid groups (broad SMARTS) is 1. The van der Waals surface area contributed by atoms with Gasteiger partial charge in [0, 0.05) is 11.3 Å². The zero-order valence-electron chi connectivity index (χ0n) is 12.6. The van der Waals surface area contributed by atoms with Crippen LogP contribution in [0.5, 0.6) is 0 Å². The standard InChI is InChI=1S/C15H29NO2S/c1-12(2)16-15(3,14(17)18)10-7-11-19-13-8-5-4-6-9-13/h12-13,16H,4-11H2,1-3H3,(H,17,18). The van der Waals surface area contributed by atoms with Gasteiger partial charge in [-0.1, -0.05) is 19.3 Å². The molecule has 0 aromatic heterocycles. The Labute approximate surface area is 121 Å². The van der Waals surface area contributed by atoms with Crippen molar-refractivity contribution in [3.05, 3.63) is 0 Å². The Balaban J connectivity index is 2.26. The van der Waals surface area contributed by atoms with Crippen molar-refractivity contribution in [2.75, 3.05) is 5.75 Å². The van der Waals surface area contributed by atoms with Gasteiger partial charge in [0.05, 0.1) is 0 Å². The Morgan fingerprint density at radius 2 is 2.00 bits per heavy atom. The molecule has 1 unspecified atom stereocenters. The number of rotatable bonds is 8. The van der Waals surface area contributed by atoms with Gasteiger partial charge in [0.15, 0.2) is 0 Å². The smallest absolute Gasteiger partial charge is 0.323 e. The van der Waals surface area contributed by atoms with E-state index in [4.69, 9.17) is 0 Å². The maximum absolute atomic E-state index is 11.4. The van der Waals surface area contributed by atoms with Gasteiger partial charge in [0.1, 0.15) is 5.54 Å². The normalized spacial score (nSPS) is 20.4. The predicted octanol–water partition coefficient (Wildman–Crippen LogP) is 3.67. The highest BCUT2D eigenvalue weighted by molar-refractivity contribution is 7.99. The zero-order chi connectivity index (χ0) is 14.3. The number of hydrogen-bond acceptors (Lipinski definition) is 3. The van der Waals surface area contributed by atoms with E-state index >= 15 is 0 Å². The van der Waals surface area contributed by atoms with Crippen molar-refractivity contribution in [2.24, 2.45) is 0 Å². The summed E-state index contributed by atoms with van der Waals surface area (Å²) in [5, 5.41) is 13.4. The van der Waals surface area contributed by atoms with Crippen molar-refractivity contribution in [3.8, 4) is 0 Å². The van der Waals surface area contributed by atoms with E-state index in [0.717, 1.165) is 17.4 Å². The van der Waals surface area contributed by atoms with Crippen molar-refractivity contribution in [3.63, 3.8) is 0 Å². The second-order valence-corrected chi connectivity index (χ2v) is 7.58. The SMILES string of the molecule is CC(C)NC(C)(CCCSC1CCCCC1)C(=O)O. The third kappa shape index (κ3) is 6.17. The average Bonchev–Trinajstić information content (AvgIpc) is 2.35.